The maximum atomic E-state index is 15.2. The van der Waals surface area contributed by atoms with Gasteiger partial charge in [-0.2, -0.15) is 0 Å². The Bertz CT molecular complexity index is 1960. The normalized spacial score (nSPS) is 14.0. The summed E-state index contributed by atoms with van der Waals surface area (Å²) in [4.78, 5) is 29.0. The second kappa shape index (κ2) is 9.89. The van der Waals surface area contributed by atoms with Gasteiger partial charge >= 0.3 is 0 Å². The lowest BCUT2D eigenvalue weighted by molar-refractivity contribution is 0.0973. The molecule has 1 aliphatic rings. The molecule has 10 nitrogen and oxygen atoms in total. The van der Waals surface area contributed by atoms with Crippen molar-refractivity contribution in [2.24, 2.45) is 0 Å². The van der Waals surface area contributed by atoms with E-state index in [0.717, 1.165) is 24.0 Å². The number of hydrogen-bond donors (Lipinski definition) is 3. The number of sulfonamides is 1. The van der Waals surface area contributed by atoms with Crippen molar-refractivity contribution in [1.82, 2.24) is 14.3 Å². The van der Waals surface area contributed by atoms with Crippen molar-refractivity contribution < 1.29 is 26.0 Å². The highest BCUT2D eigenvalue weighted by Crippen LogP contribution is 2.36. The largest absolute Gasteiger partial charge is 0.398 e. The number of carbonyl (C=O) groups is 1. The highest BCUT2D eigenvalue weighted by atomic mass is 32.2. The van der Waals surface area contributed by atoms with E-state index in [9.17, 15) is 26.4 Å². The molecule has 0 aliphatic heterocycles. The number of nitrogens with one attached hydrogen (secondary N) is 2. The molecular formula is C27H27FN4O6S2. The molecule has 1 saturated carbocycles. The van der Waals surface area contributed by atoms with Crippen LogP contribution < -0.4 is 16.0 Å². The Morgan fingerprint density at radius 2 is 1.88 bits per heavy atom. The maximum absolute atomic E-state index is 15.2. The van der Waals surface area contributed by atoms with E-state index in [1.807, 2.05) is 13.0 Å². The summed E-state index contributed by atoms with van der Waals surface area (Å²) in [6, 6.07) is 10.4. The fourth-order valence-electron chi connectivity index (χ4n) is 4.78. The minimum Gasteiger partial charge on any atom is -0.398 e. The maximum Gasteiger partial charge on any atom is 0.282 e. The molecule has 0 radical (unpaired) electrons. The number of hydrogen-bond acceptors (Lipinski definition) is 7. The van der Waals surface area contributed by atoms with Gasteiger partial charge in [0.1, 0.15) is 11.5 Å². The fraction of sp³-hybridized carbons (Fsp3) is 0.259. The van der Waals surface area contributed by atoms with Gasteiger partial charge in [-0.25, -0.2) is 25.9 Å². The molecule has 4 N–H and O–H groups in total. The summed E-state index contributed by atoms with van der Waals surface area (Å²) >= 11 is 0. The minimum atomic E-state index is -3.99. The predicted molar refractivity (Wildman–Crippen MR) is 150 cm³/mol. The lowest BCUT2D eigenvalue weighted by atomic mass is 10.0. The monoisotopic (exact) mass is 586 g/mol. The van der Waals surface area contributed by atoms with Crippen LogP contribution in [0.5, 0.6) is 0 Å². The average molecular weight is 587 g/mol. The van der Waals surface area contributed by atoms with E-state index in [1.165, 1.54) is 16.8 Å². The van der Waals surface area contributed by atoms with Crippen molar-refractivity contribution >= 4 is 42.4 Å². The van der Waals surface area contributed by atoms with Crippen molar-refractivity contribution in [3.63, 3.8) is 0 Å². The zero-order chi connectivity index (χ0) is 29.0. The number of H-pyrrole nitrogens is 1. The van der Waals surface area contributed by atoms with Crippen molar-refractivity contribution in [3.05, 3.63) is 81.7 Å². The van der Waals surface area contributed by atoms with Crippen LogP contribution in [-0.4, -0.2) is 43.8 Å². The number of rotatable bonds is 8. The Kier molecular flexibility index (Phi) is 6.83. The van der Waals surface area contributed by atoms with Crippen LogP contribution in [0.4, 0.5) is 10.1 Å². The Balaban J connectivity index is 1.83. The van der Waals surface area contributed by atoms with Crippen LogP contribution in [0.15, 0.2) is 58.4 Å². The molecular weight excluding hydrogens is 559 g/mol. The van der Waals surface area contributed by atoms with E-state index < -0.39 is 42.4 Å². The molecule has 2 aromatic heterocycles. The number of sulfone groups is 1. The Morgan fingerprint density at radius 1 is 1.15 bits per heavy atom. The van der Waals surface area contributed by atoms with Gasteiger partial charge in [-0.15, -0.1) is 0 Å². The number of pyridine rings is 1. The van der Waals surface area contributed by atoms with Crippen molar-refractivity contribution in [2.45, 2.75) is 42.9 Å². The molecule has 0 saturated heterocycles. The van der Waals surface area contributed by atoms with E-state index in [-0.39, 0.29) is 39.5 Å². The number of fused-ring (bicyclic) bond motifs is 1. The molecule has 2 aromatic carbocycles. The first kappa shape index (κ1) is 27.6. The molecule has 1 amide bonds. The summed E-state index contributed by atoms with van der Waals surface area (Å²) < 4.78 is 68.9. The summed E-state index contributed by atoms with van der Waals surface area (Å²) in [6.07, 6.45) is 3.84. The first-order valence-corrected chi connectivity index (χ1v) is 15.9. The topological polar surface area (TPSA) is 161 Å². The summed E-state index contributed by atoms with van der Waals surface area (Å²) in [5, 5.41) is -0.222. The summed E-state index contributed by atoms with van der Waals surface area (Å²) in [7, 11) is -7.81. The number of carbonyl (C=O) groups excluding carboxylic acids is 1. The van der Waals surface area contributed by atoms with Gasteiger partial charge in [-0.05, 0) is 61.2 Å². The number of nitrogen functional groups attached to an aromatic ring is 1. The number of nitrogens with zero attached hydrogens (tertiary/aromatic N) is 1. The van der Waals surface area contributed by atoms with E-state index in [1.54, 1.807) is 18.2 Å². The van der Waals surface area contributed by atoms with E-state index in [0.29, 0.717) is 30.2 Å². The lowest BCUT2D eigenvalue weighted by Crippen LogP contribution is -2.35. The molecule has 2 heterocycles. The van der Waals surface area contributed by atoms with Gasteiger partial charge in [-0.1, -0.05) is 13.0 Å². The highest BCUT2D eigenvalue weighted by molar-refractivity contribution is 7.91. The number of aromatic amines is 1. The highest BCUT2D eigenvalue weighted by Gasteiger charge is 2.38. The van der Waals surface area contributed by atoms with E-state index >= 15 is 4.39 Å². The first-order valence-electron chi connectivity index (χ1n) is 12.5. The number of halogens is 1. The molecule has 13 heteroatoms. The standard InChI is InChI=1S/C27H27FN4O6S2/c1-3-15-6-9-22-19(11-15)24(18-5-4-10-30-26(18)33)25(27(34)31-40(37,38)17-7-8-17)32(22)14-16-12-23(39(2,35)36)21(29)13-20(16)28/h4-6,9-13,17H,3,7-8,14,29H2,1-2H3,(H,30,33)(H,31,34). The van der Waals surface area contributed by atoms with Crippen molar-refractivity contribution in [2.75, 3.05) is 12.0 Å². The zero-order valence-electron chi connectivity index (χ0n) is 21.7. The Labute approximate surface area is 230 Å². The third kappa shape index (κ3) is 5.02. The molecule has 5 rings (SSSR count). The SMILES string of the molecule is CCc1ccc2c(c1)c(-c1ccc[nH]c1=O)c(C(=O)NS(=O)(=O)C1CC1)n2Cc1cc(S(C)(=O)=O)c(N)cc1F. The molecule has 0 spiro atoms. The van der Waals surface area contributed by atoms with Crippen molar-refractivity contribution in [3.8, 4) is 11.1 Å². The molecule has 1 fully saturated rings. The number of amides is 1. The predicted octanol–water partition coefficient (Wildman–Crippen LogP) is 2.95. The van der Waals surface area contributed by atoms with E-state index in [4.69, 9.17) is 5.73 Å². The van der Waals surface area contributed by atoms with Gasteiger partial charge in [0.2, 0.25) is 10.0 Å². The summed E-state index contributed by atoms with van der Waals surface area (Å²) in [5.41, 5.74) is 6.31. The molecule has 0 atom stereocenters. The van der Waals surface area contributed by atoms with Gasteiger partial charge in [-0.3, -0.25) is 9.59 Å². The number of anilines is 1. The number of aryl methyl sites for hydroxylation is 1. The van der Waals surface area contributed by atoms with Gasteiger partial charge < -0.3 is 15.3 Å². The van der Waals surface area contributed by atoms with Gasteiger partial charge in [0.15, 0.2) is 9.84 Å². The Hall–Kier alpha value is -3.97. The van der Waals surface area contributed by atoms with Gasteiger partial charge in [0, 0.05) is 40.0 Å². The third-order valence-corrected chi connectivity index (χ3v) is 9.92. The van der Waals surface area contributed by atoms with Crippen LogP contribution in [0.1, 0.15) is 41.4 Å². The van der Waals surface area contributed by atoms with E-state index in [2.05, 4.69) is 9.71 Å². The van der Waals surface area contributed by atoms with Crippen LogP contribution in [0, 0.1) is 5.82 Å². The van der Waals surface area contributed by atoms with Crippen LogP contribution in [0.2, 0.25) is 0 Å². The molecule has 4 aromatic rings. The average Bonchev–Trinajstić information content (AvgIpc) is 3.69. The second-order valence-electron chi connectivity index (χ2n) is 9.86. The molecule has 1 aliphatic carbocycles. The fourth-order valence-corrected chi connectivity index (χ4v) is 6.90. The minimum absolute atomic E-state index is 0.0984. The van der Waals surface area contributed by atoms with Crippen LogP contribution >= 0.6 is 0 Å². The third-order valence-electron chi connectivity index (χ3n) is 6.94. The molecule has 210 valence electrons. The smallest absolute Gasteiger partial charge is 0.282 e. The quantitative estimate of drug-likeness (QED) is 0.211. The van der Waals surface area contributed by atoms with Crippen molar-refractivity contribution in [1.29, 1.82) is 0 Å². The molecule has 0 bridgehead atoms. The summed E-state index contributed by atoms with van der Waals surface area (Å²) in [5.74, 6) is -1.80. The first-order chi connectivity index (χ1) is 18.8. The zero-order valence-corrected chi connectivity index (χ0v) is 23.3. The second-order valence-corrected chi connectivity index (χ2v) is 13.8. The van der Waals surface area contributed by atoms with Crippen LogP contribution in [0.25, 0.3) is 22.0 Å². The Morgan fingerprint density at radius 3 is 2.50 bits per heavy atom. The number of aromatic nitrogens is 2. The van der Waals surface area contributed by atoms with Crippen LogP contribution in [-0.2, 0) is 32.8 Å². The molecule has 0 unspecified atom stereocenters. The number of nitrogens with two attached hydrogens (primary N) is 1. The molecule has 40 heavy (non-hydrogen) atoms. The lowest BCUT2D eigenvalue weighted by Gasteiger charge is -2.15. The number of benzene rings is 2. The summed E-state index contributed by atoms with van der Waals surface area (Å²) in [6.45, 7) is 1.58. The van der Waals surface area contributed by atoms with Gasteiger partial charge in [0.05, 0.1) is 22.4 Å². The van der Waals surface area contributed by atoms with Crippen LogP contribution in [0.3, 0.4) is 0 Å². The van der Waals surface area contributed by atoms with Gasteiger partial charge in [0.25, 0.3) is 11.5 Å².